The van der Waals surface area contributed by atoms with Crippen molar-refractivity contribution in [3.63, 3.8) is 0 Å². The molecule has 1 N–H and O–H groups in total. The van der Waals surface area contributed by atoms with Gasteiger partial charge in [-0.1, -0.05) is 18.2 Å². The smallest absolute Gasteiger partial charge is 0.337 e. The number of nitrogens with one attached hydrogen (secondary N) is 1. The van der Waals surface area contributed by atoms with Crippen molar-refractivity contribution in [2.75, 3.05) is 6.61 Å². The second-order valence-electron chi connectivity index (χ2n) is 8.80. The van der Waals surface area contributed by atoms with Crippen molar-refractivity contribution in [3.8, 4) is 0 Å². The van der Waals surface area contributed by atoms with E-state index in [1.807, 2.05) is 12.1 Å². The molecule has 1 aromatic heterocycles. The van der Waals surface area contributed by atoms with Crippen molar-refractivity contribution in [3.05, 3.63) is 88.0 Å². The maximum Gasteiger partial charge on any atom is 0.337 e. The Bertz CT molecular complexity index is 1170. The summed E-state index contributed by atoms with van der Waals surface area (Å²) in [5, 5.41) is 3.04. The Balaban J connectivity index is 1.66. The van der Waals surface area contributed by atoms with E-state index in [1.165, 1.54) is 12.1 Å². The van der Waals surface area contributed by atoms with Gasteiger partial charge in [0.15, 0.2) is 11.6 Å². The van der Waals surface area contributed by atoms with Gasteiger partial charge in [-0.15, -0.1) is 0 Å². The molecule has 0 amide bonds. The fourth-order valence-corrected chi connectivity index (χ4v) is 4.68. The molecular formula is C27H28F2N2O4. The average Bonchev–Trinajstić information content (AvgIpc) is 3.34. The van der Waals surface area contributed by atoms with Gasteiger partial charge in [0, 0.05) is 35.3 Å². The number of carbonyl (C=O) groups excluding carboxylic acids is 2. The van der Waals surface area contributed by atoms with Gasteiger partial charge in [-0.3, -0.25) is 4.98 Å². The zero-order chi connectivity index (χ0) is 24.9. The van der Waals surface area contributed by atoms with Crippen LogP contribution in [-0.2, 0) is 25.5 Å². The Morgan fingerprint density at radius 2 is 1.71 bits per heavy atom. The van der Waals surface area contributed by atoms with Crippen molar-refractivity contribution in [1.82, 2.24) is 10.3 Å². The van der Waals surface area contributed by atoms with E-state index in [0.29, 0.717) is 17.8 Å². The van der Waals surface area contributed by atoms with Crippen molar-refractivity contribution in [1.29, 1.82) is 0 Å². The molecule has 0 bridgehead atoms. The second-order valence-corrected chi connectivity index (χ2v) is 8.80. The number of benzene rings is 1. The van der Waals surface area contributed by atoms with E-state index >= 15 is 4.39 Å². The number of nitrogens with zero attached hydrogens (tertiary/aromatic N) is 1. The lowest BCUT2D eigenvalue weighted by molar-refractivity contribution is -0.144. The minimum atomic E-state index is -1.18. The SMILES string of the molecule is CC1=C(C(=O)OCCc2ccccn2)C(c2cccc(F)c2F)C(C(=O)OC2CCCC2)=C(C)N1. The van der Waals surface area contributed by atoms with Crippen molar-refractivity contribution >= 4 is 11.9 Å². The predicted octanol–water partition coefficient (Wildman–Crippen LogP) is 4.87. The molecule has 0 saturated heterocycles. The van der Waals surface area contributed by atoms with Gasteiger partial charge in [-0.25, -0.2) is 18.4 Å². The van der Waals surface area contributed by atoms with Crippen LogP contribution in [0.5, 0.6) is 0 Å². The molecule has 35 heavy (non-hydrogen) atoms. The summed E-state index contributed by atoms with van der Waals surface area (Å²) in [6.45, 7) is 3.33. The van der Waals surface area contributed by atoms with Crippen LogP contribution in [0.3, 0.4) is 0 Å². The molecule has 2 aromatic rings. The lowest BCUT2D eigenvalue weighted by atomic mass is 9.80. The third kappa shape index (κ3) is 5.42. The molecule has 1 aromatic carbocycles. The van der Waals surface area contributed by atoms with Crippen LogP contribution >= 0.6 is 0 Å². The number of pyridine rings is 1. The first-order valence-electron chi connectivity index (χ1n) is 11.8. The fraction of sp³-hybridized carbons (Fsp3) is 0.370. The molecule has 6 nitrogen and oxygen atoms in total. The zero-order valence-electron chi connectivity index (χ0n) is 19.8. The summed E-state index contributed by atoms with van der Waals surface area (Å²) < 4.78 is 40.5. The highest BCUT2D eigenvalue weighted by atomic mass is 19.2. The van der Waals surface area contributed by atoms with Gasteiger partial charge in [-0.05, 0) is 57.7 Å². The van der Waals surface area contributed by atoms with E-state index in [9.17, 15) is 14.0 Å². The monoisotopic (exact) mass is 482 g/mol. The number of hydrogen-bond donors (Lipinski definition) is 1. The summed E-state index contributed by atoms with van der Waals surface area (Å²) in [4.78, 5) is 30.8. The molecule has 1 aliphatic carbocycles. The standard InChI is InChI=1S/C27H28F2N2O4/c1-16-22(26(32)34-15-13-18-8-5-6-14-30-18)24(20-11-7-12-21(28)25(20)29)23(17(2)31-16)27(33)35-19-9-3-4-10-19/h5-8,11-12,14,19,24,31H,3-4,9-10,13,15H2,1-2H3. The van der Waals surface area contributed by atoms with Gasteiger partial charge in [0.05, 0.1) is 23.7 Å². The van der Waals surface area contributed by atoms with E-state index in [0.717, 1.165) is 37.4 Å². The van der Waals surface area contributed by atoms with Gasteiger partial charge >= 0.3 is 11.9 Å². The molecule has 1 atom stereocenters. The highest BCUT2D eigenvalue weighted by Gasteiger charge is 2.40. The van der Waals surface area contributed by atoms with Gasteiger partial charge in [-0.2, -0.15) is 0 Å². The Labute approximate surface area is 203 Å². The first kappa shape index (κ1) is 24.6. The van der Waals surface area contributed by atoms with E-state index < -0.39 is 29.5 Å². The Morgan fingerprint density at radius 1 is 1.00 bits per heavy atom. The summed E-state index contributed by atoms with van der Waals surface area (Å²) in [5.74, 6) is -4.74. The number of aromatic nitrogens is 1. The van der Waals surface area contributed by atoms with Crippen molar-refractivity contribution in [2.24, 2.45) is 0 Å². The van der Waals surface area contributed by atoms with E-state index in [1.54, 1.807) is 26.1 Å². The lowest BCUT2D eigenvalue weighted by Crippen LogP contribution is -2.34. The minimum absolute atomic E-state index is 0.0372. The first-order valence-corrected chi connectivity index (χ1v) is 11.8. The number of allylic oxidation sites excluding steroid dienone is 2. The normalized spacial score (nSPS) is 18.5. The summed E-state index contributed by atoms with van der Waals surface area (Å²) in [6.07, 6.45) is 5.22. The quantitative estimate of drug-likeness (QED) is 0.568. The van der Waals surface area contributed by atoms with E-state index in [-0.39, 0.29) is 29.4 Å². The van der Waals surface area contributed by atoms with Crippen LogP contribution in [0.1, 0.15) is 56.7 Å². The maximum atomic E-state index is 15.0. The molecule has 1 unspecified atom stereocenters. The van der Waals surface area contributed by atoms with Crippen LogP contribution in [0.15, 0.2) is 65.1 Å². The molecule has 1 aliphatic heterocycles. The van der Waals surface area contributed by atoms with Crippen LogP contribution < -0.4 is 5.32 Å². The number of esters is 2. The van der Waals surface area contributed by atoms with Crippen LogP contribution in [0.2, 0.25) is 0 Å². The van der Waals surface area contributed by atoms with Crippen LogP contribution in [0, 0.1) is 11.6 Å². The lowest BCUT2D eigenvalue weighted by Gasteiger charge is -2.31. The highest BCUT2D eigenvalue weighted by Crippen LogP contribution is 2.41. The molecule has 4 rings (SSSR count). The zero-order valence-corrected chi connectivity index (χ0v) is 19.8. The van der Waals surface area contributed by atoms with Crippen LogP contribution in [0.4, 0.5) is 8.78 Å². The van der Waals surface area contributed by atoms with E-state index in [4.69, 9.17) is 9.47 Å². The molecule has 1 saturated carbocycles. The number of dihydropyridines is 1. The molecule has 2 heterocycles. The molecule has 2 aliphatic rings. The highest BCUT2D eigenvalue weighted by molar-refractivity contribution is 6.00. The number of carbonyl (C=O) groups is 2. The third-order valence-corrected chi connectivity index (χ3v) is 6.39. The van der Waals surface area contributed by atoms with Crippen LogP contribution in [0.25, 0.3) is 0 Å². The van der Waals surface area contributed by atoms with Crippen LogP contribution in [-0.4, -0.2) is 29.6 Å². The fourth-order valence-electron chi connectivity index (χ4n) is 4.68. The van der Waals surface area contributed by atoms with E-state index in [2.05, 4.69) is 10.3 Å². The number of rotatable bonds is 7. The number of ether oxygens (including phenoxy) is 2. The summed E-state index contributed by atoms with van der Waals surface area (Å²) in [5.41, 5.74) is 1.56. The van der Waals surface area contributed by atoms with Crippen molar-refractivity contribution < 1.29 is 27.8 Å². The second kappa shape index (κ2) is 10.8. The average molecular weight is 483 g/mol. The topological polar surface area (TPSA) is 77.5 Å². The minimum Gasteiger partial charge on any atom is -0.462 e. The third-order valence-electron chi connectivity index (χ3n) is 6.39. The Morgan fingerprint density at radius 3 is 2.40 bits per heavy atom. The Hall–Kier alpha value is -3.55. The molecule has 0 spiro atoms. The molecule has 1 fully saturated rings. The summed E-state index contributed by atoms with van der Waals surface area (Å²) >= 11 is 0. The van der Waals surface area contributed by atoms with Gasteiger partial charge < -0.3 is 14.8 Å². The largest absolute Gasteiger partial charge is 0.462 e. The summed E-state index contributed by atoms with van der Waals surface area (Å²) in [7, 11) is 0. The molecule has 184 valence electrons. The molecule has 0 radical (unpaired) electrons. The van der Waals surface area contributed by atoms with Crippen molar-refractivity contribution in [2.45, 2.75) is 58.0 Å². The predicted molar refractivity (Wildman–Crippen MR) is 125 cm³/mol. The molecule has 8 heteroatoms. The summed E-state index contributed by atoms with van der Waals surface area (Å²) in [6, 6.07) is 9.16. The van der Waals surface area contributed by atoms with Gasteiger partial charge in [0.1, 0.15) is 6.10 Å². The number of hydrogen-bond acceptors (Lipinski definition) is 6. The van der Waals surface area contributed by atoms with Gasteiger partial charge in [0.25, 0.3) is 0 Å². The number of halogens is 2. The van der Waals surface area contributed by atoms with Gasteiger partial charge in [0.2, 0.25) is 0 Å². The Kier molecular flexibility index (Phi) is 7.58. The first-order chi connectivity index (χ1) is 16.9. The molecular weight excluding hydrogens is 454 g/mol. The maximum absolute atomic E-state index is 15.0.